The standard InChI is InChI=1S/C19H16Cl2FNO/c1-12-5-6-13-11-14(22)7-9-18(13)23(12)19(24)10-8-15-16(20)3-2-4-17(15)21/h2-4,7-12H,5-6H2,1H3. The molecule has 1 atom stereocenters. The van der Waals surface area contributed by atoms with E-state index in [0.717, 1.165) is 24.1 Å². The fourth-order valence-electron chi connectivity index (χ4n) is 2.96. The number of carbonyl (C=O) groups is 1. The highest BCUT2D eigenvalue weighted by Crippen LogP contribution is 2.32. The molecule has 0 saturated heterocycles. The Kier molecular flexibility index (Phi) is 4.93. The Labute approximate surface area is 150 Å². The molecule has 0 bridgehead atoms. The van der Waals surface area contributed by atoms with Crippen molar-refractivity contribution in [3.05, 3.63) is 69.5 Å². The average Bonchev–Trinajstić information content (AvgIpc) is 2.54. The average molecular weight is 364 g/mol. The van der Waals surface area contributed by atoms with Crippen LogP contribution in [-0.2, 0) is 11.2 Å². The van der Waals surface area contributed by atoms with Crippen LogP contribution in [0.3, 0.4) is 0 Å². The van der Waals surface area contributed by atoms with Crippen LogP contribution in [0.5, 0.6) is 0 Å². The number of hydrogen-bond acceptors (Lipinski definition) is 1. The highest BCUT2D eigenvalue weighted by Gasteiger charge is 2.27. The first kappa shape index (κ1) is 17.0. The minimum atomic E-state index is -0.283. The Morgan fingerprint density at radius 1 is 1.25 bits per heavy atom. The van der Waals surface area contributed by atoms with E-state index in [-0.39, 0.29) is 17.8 Å². The molecule has 2 aromatic carbocycles. The van der Waals surface area contributed by atoms with E-state index in [1.807, 2.05) is 6.92 Å². The van der Waals surface area contributed by atoms with Crippen LogP contribution in [0.15, 0.2) is 42.5 Å². The summed E-state index contributed by atoms with van der Waals surface area (Å²) in [6, 6.07) is 9.78. The van der Waals surface area contributed by atoms with E-state index in [4.69, 9.17) is 23.2 Å². The maximum Gasteiger partial charge on any atom is 0.251 e. The first-order valence-electron chi connectivity index (χ1n) is 7.71. The Hall–Kier alpha value is -1.84. The number of fused-ring (bicyclic) bond motifs is 1. The van der Waals surface area contributed by atoms with E-state index < -0.39 is 0 Å². The number of benzene rings is 2. The lowest BCUT2D eigenvalue weighted by Gasteiger charge is -2.34. The molecule has 0 radical (unpaired) electrons. The molecule has 0 fully saturated rings. The number of rotatable bonds is 2. The number of aryl methyl sites for hydroxylation is 1. The molecule has 3 rings (SSSR count). The second-order valence-electron chi connectivity index (χ2n) is 5.84. The zero-order valence-corrected chi connectivity index (χ0v) is 14.6. The van der Waals surface area contributed by atoms with Crippen molar-refractivity contribution in [3.63, 3.8) is 0 Å². The van der Waals surface area contributed by atoms with E-state index in [0.29, 0.717) is 15.6 Å². The number of nitrogens with zero attached hydrogens (tertiary/aromatic N) is 1. The number of anilines is 1. The van der Waals surface area contributed by atoms with Gasteiger partial charge in [-0.05, 0) is 61.7 Å². The van der Waals surface area contributed by atoms with Crippen LogP contribution >= 0.6 is 23.2 Å². The van der Waals surface area contributed by atoms with Crippen molar-refractivity contribution >= 4 is 40.9 Å². The van der Waals surface area contributed by atoms with Gasteiger partial charge < -0.3 is 4.90 Å². The van der Waals surface area contributed by atoms with Gasteiger partial charge in [-0.1, -0.05) is 29.3 Å². The summed E-state index contributed by atoms with van der Waals surface area (Å²) in [7, 11) is 0. The van der Waals surface area contributed by atoms with Gasteiger partial charge in [-0.2, -0.15) is 0 Å². The van der Waals surface area contributed by atoms with Gasteiger partial charge >= 0.3 is 0 Å². The minimum absolute atomic E-state index is 0.0434. The third kappa shape index (κ3) is 3.33. The molecule has 0 aliphatic carbocycles. The van der Waals surface area contributed by atoms with E-state index in [1.54, 1.807) is 35.2 Å². The molecule has 1 aliphatic rings. The summed E-state index contributed by atoms with van der Waals surface area (Å²) in [4.78, 5) is 14.4. The van der Waals surface area contributed by atoms with Crippen molar-refractivity contribution in [2.75, 3.05) is 4.90 Å². The van der Waals surface area contributed by atoms with E-state index >= 15 is 0 Å². The molecule has 24 heavy (non-hydrogen) atoms. The van der Waals surface area contributed by atoms with Gasteiger partial charge in [0.1, 0.15) is 5.82 Å². The smallest absolute Gasteiger partial charge is 0.251 e. The van der Waals surface area contributed by atoms with Crippen molar-refractivity contribution in [3.8, 4) is 0 Å². The van der Waals surface area contributed by atoms with E-state index in [9.17, 15) is 9.18 Å². The first-order valence-corrected chi connectivity index (χ1v) is 8.46. The molecular weight excluding hydrogens is 348 g/mol. The fourth-order valence-corrected chi connectivity index (χ4v) is 3.48. The SMILES string of the molecule is CC1CCc2cc(F)ccc2N1C(=O)C=Cc1c(Cl)cccc1Cl. The zero-order chi connectivity index (χ0) is 17.3. The lowest BCUT2D eigenvalue weighted by Crippen LogP contribution is -2.41. The largest absolute Gasteiger partial charge is 0.306 e. The van der Waals surface area contributed by atoms with Gasteiger partial charge in [0.2, 0.25) is 0 Å². The van der Waals surface area contributed by atoms with Gasteiger partial charge in [-0.15, -0.1) is 0 Å². The van der Waals surface area contributed by atoms with Crippen LogP contribution in [-0.4, -0.2) is 11.9 Å². The van der Waals surface area contributed by atoms with Gasteiger partial charge in [0.05, 0.1) is 0 Å². The maximum absolute atomic E-state index is 13.4. The summed E-state index contributed by atoms with van der Waals surface area (Å²) in [5.41, 5.74) is 2.22. The third-order valence-electron chi connectivity index (χ3n) is 4.20. The van der Waals surface area contributed by atoms with Crippen molar-refractivity contribution in [2.24, 2.45) is 0 Å². The molecule has 5 heteroatoms. The Morgan fingerprint density at radius 3 is 2.67 bits per heavy atom. The Morgan fingerprint density at radius 2 is 1.96 bits per heavy atom. The molecular formula is C19H16Cl2FNO. The Balaban J connectivity index is 1.91. The lowest BCUT2D eigenvalue weighted by molar-refractivity contribution is -0.114. The molecule has 1 unspecified atom stereocenters. The molecule has 1 heterocycles. The lowest BCUT2D eigenvalue weighted by atomic mass is 9.96. The Bertz CT molecular complexity index is 799. The number of amides is 1. The van der Waals surface area contributed by atoms with Gasteiger partial charge in [0, 0.05) is 33.4 Å². The zero-order valence-electron chi connectivity index (χ0n) is 13.1. The molecule has 2 aromatic rings. The first-order chi connectivity index (χ1) is 11.5. The van der Waals surface area contributed by atoms with Crippen molar-refractivity contribution in [1.29, 1.82) is 0 Å². The van der Waals surface area contributed by atoms with E-state index in [1.165, 1.54) is 18.2 Å². The summed E-state index contributed by atoms with van der Waals surface area (Å²) in [5, 5.41) is 0.974. The normalized spacial score (nSPS) is 17.2. The number of halogens is 3. The monoisotopic (exact) mass is 363 g/mol. The minimum Gasteiger partial charge on any atom is -0.306 e. The molecule has 2 nitrogen and oxygen atoms in total. The van der Waals surface area contributed by atoms with Crippen molar-refractivity contribution < 1.29 is 9.18 Å². The van der Waals surface area contributed by atoms with Crippen LogP contribution in [0.1, 0.15) is 24.5 Å². The highest BCUT2D eigenvalue weighted by molar-refractivity contribution is 6.37. The quantitative estimate of drug-likeness (QED) is 0.643. The number of carbonyl (C=O) groups excluding carboxylic acids is 1. The molecule has 0 N–H and O–H groups in total. The predicted molar refractivity (Wildman–Crippen MR) is 97.2 cm³/mol. The molecule has 0 spiro atoms. The topological polar surface area (TPSA) is 20.3 Å². The summed E-state index contributed by atoms with van der Waals surface area (Å²) in [6.07, 6.45) is 4.64. The highest BCUT2D eigenvalue weighted by atomic mass is 35.5. The molecule has 0 aromatic heterocycles. The molecule has 124 valence electrons. The van der Waals surface area contributed by atoms with E-state index in [2.05, 4.69) is 0 Å². The summed E-state index contributed by atoms with van der Waals surface area (Å²) in [5.74, 6) is -0.458. The summed E-state index contributed by atoms with van der Waals surface area (Å²) < 4.78 is 13.4. The van der Waals surface area contributed by atoms with Gasteiger partial charge in [-0.25, -0.2) is 4.39 Å². The van der Waals surface area contributed by atoms with Gasteiger partial charge in [0.15, 0.2) is 0 Å². The summed E-state index contributed by atoms with van der Waals surface area (Å²) in [6.45, 7) is 1.99. The van der Waals surface area contributed by atoms with Crippen molar-refractivity contribution in [2.45, 2.75) is 25.8 Å². The van der Waals surface area contributed by atoms with Crippen LogP contribution in [0, 0.1) is 5.82 Å². The van der Waals surface area contributed by atoms with Crippen LogP contribution in [0.2, 0.25) is 10.0 Å². The fraction of sp³-hybridized carbons (Fsp3) is 0.211. The molecule has 0 saturated carbocycles. The van der Waals surface area contributed by atoms with Gasteiger partial charge in [0.25, 0.3) is 5.91 Å². The maximum atomic E-state index is 13.4. The third-order valence-corrected chi connectivity index (χ3v) is 4.86. The second-order valence-corrected chi connectivity index (χ2v) is 6.65. The second kappa shape index (κ2) is 6.96. The van der Waals surface area contributed by atoms with Crippen LogP contribution < -0.4 is 4.90 Å². The van der Waals surface area contributed by atoms with Gasteiger partial charge in [-0.3, -0.25) is 4.79 Å². The van der Waals surface area contributed by atoms with Crippen LogP contribution in [0.4, 0.5) is 10.1 Å². The number of hydrogen-bond donors (Lipinski definition) is 0. The molecule has 1 aliphatic heterocycles. The predicted octanol–water partition coefficient (Wildman–Crippen LogP) is 5.51. The molecule has 1 amide bonds. The van der Waals surface area contributed by atoms with Crippen molar-refractivity contribution in [1.82, 2.24) is 0 Å². The summed E-state index contributed by atoms with van der Waals surface area (Å²) >= 11 is 12.2. The van der Waals surface area contributed by atoms with Crippen LogP contribution in [0.25, 0.3) is 6.08 Å².